The van der Waals surface area contributed by atoms with Gasteiger partial charge in [0.05, 0.1) is 0 Å². The zero-order chi connectivity index (χ0) is 13.3. The van der Waals surface area contributed by atoms with Gasteiger partial charge in [-0.05, 0) is 19.9 Å². The highest BCUT2D eigenvalue weighted by molar-refractivity contribution is 5.43. The maximum Gasteiger partial charge on any atom is 0.257 e. The molecular formula is C14H21N3O2. The number of hydrogen-bond acceptors (Lipinski definition) is 5. The molecule has 104 valence electrons. The molecule has 3 rings (SSSR count). The largest absolute Gasteiger partial charge is 0.478 e. The van der Waals surface area contributed by atoms with Crippen LogP contribution in [0.5, 0.6) is 11.6 Å². The molecule has 1 fully saturated rings. The Kier molecular flexibility index (Phi) is 3.33. The van der Waals surface area contributed by atoms with Crippen LogP contribution in [0.4, 0.5) is 0 Å². The minimum absolute atomic E-state index is 0.283. The van der Waals surface area contributed by atoms with Gasteiger partial charge in [-0.25, -0.2) is 4.98 Å². The van der Waals surface area contributed by atoms with Crippen LogP contribution in [0.25, 0.3) is 0 Å². The van der Waals surface area contributed by atoms with Crippen LogP contribution in [0.2, 0.25) is 0 Å². The molecule has 1 saturated heterocycles. The monoisotopic (exact) mass is 263 g/mol. The van der Waals surface area contributed by atoms with Crippen molar-refractivity contribution in [2.24, 2.45) is 0 Å². The standard InChI is InChI=1S/C14H21N3O2/c1-14(2)10-18-13-12(19-14)11(3-4-16-13)9-17-7-5-15-6-8-17/h3-4,15H,5-10H2,1-2H3. The molecule has 0 unspecified atom stereocenters. The first-order valence-corrected chi connectivity index (χ1v) is 6.87. The van der Waals surface area contributed by atoms with E-state index in [0.717, 1.165) is 38.5 Å². The van der Waals surface area contributed by atoms with Crippen LogP contribution in [0, 0.1) is 0 Å². The molecule has 1 aromatic heterocycles. The Morgan fingerprint density at radius 1 is 1.37 bits per heavy atom. The van der Waals surface area contributed by atoms with Crippen LogP contribution in [0.3, 0.4) is 0 Å². The second-order valence-electron chi connectivity index (χ2n) is 5.78. The van der Waals surface area contributed by atoms with E-state index in [9.17, 15) is 0 Å². The summed E-state index contributed by atoms with van der Waals surface area (Å²) in [7, 11) is 0. The first-order valence-electron chi connectivity index (χ1n) is 6.87. The molecule has 5 heteroatoms. The van der Waals surface area contributed by atoms with Crippen LogP contribution in [-0.4, -0.2) is 48.3 Å². The van der Waals surface area contributed by atoms with Crippen molar-refractivity contribution in [2.75, 3.05) is 32.8 Å². The molecule has 5 nitrogen and oxygen atoms in total. The fraction of sp³-hybridized carbons (Fsp3) is 0.643. The molecule has 0 radical (unpaired) electrons. The van der Waals surface area contributed by atoms with E-state index in [2.05, 4.69) is 15.2 Å². The molecule has 0 atom stereocenters. The molecule has 0 spiro atoms. The van der Waals surface area contributed by atoms with E-state index < -0.39 is 0 Å². The van der Waals surface area contributed by atoms with Gasteiger partial charge in [0, 0.05) is 44.5 Å². The number of nitrogens with zero attached hydrogens (tertiary/aromatic N) is 2. The maximum atomic E-state index is 6.06. The van der Waals surface area contributed by atoms with E-state index in [-0.39, 0.29) is 5.60 Å². The van der Waals surface area contributed by atoms with Gasteiger partial charge in [0.25, 0.3) is 5.88 Å². The summed E-state index contributed by atoms with van der Waals surface area (Å²) in [5.41, 5.74) is 0.883. The average Bonchev–Trinajstić information content (AvgIpc) is 2.40. The summed E-state index contributed by atoms with van der Waals surface area (Å²) in [5.74, 6) is 1.45. The highest BCUT2D eigenvalue weighted by atomic mass is 16.6. The fourth-order valence-electron chi connectivity index (χ4n) is 2.46. The number of piperazine rings is 1. The smallest absolute Gasteiger partial charge is 0.257 e. The first-order chi connectivity index (χ1) is 9.14. The lowest BCUT2D eigenvalue weighted by Crippen LogP contribution is -2.43. The van der Waals surface area contributed by atoms with Crippen molar-refractivity contribution in [1.82, 2.24) is 15.2 Å². The third kappa shape index (κ3) is 2.82. The van der Waals surface area contributed by atoms with Gasteiger partial charge in [0.2, 0.25) is 0 Å². The third-order valence-corrected chi connectivity index (χ3v) is 3.49. The first kappa shape index (κ1) is 12.7. The third-order valence-electron chi connectivity index (χ3n) is 3.49. The zero-order valence-electron chi connectivity index (χ0n) is 11.6. The second kappa shape index (κ2) is 4.98. The van der Waals surface area contributed by atoms with E-state index in [4.69, 9.17) is 9.47 Å². The Balaban J connectivity index is 1.81. The zero-order valence-corrected chi connectivity index (χ0v) is 11.6. The Labute approximate surface area is 113 Å². The summed E-state index contributed by atoms with van der Waals surface area (Å²) in [6.45, 7) is 9.76. The number of ether oxygens (including phenoxy) is 2. The Bertz CT molecular complexity index is 456. The molecule has 1 aromatic rings. The van der Waals surface area contributed by atoms with Crippen LogP contribution in [0.15, 0.2) is 12.3 Å². The molecule has 0 bridgehead atoms. The lowest BCUT2D eigenvalue weighted by molar-refractivity contribution is 0.0158. The Hall–Kier alpha value is -1.33. The Morgan fingerprint density at radius 2 is 2.16 bits per heavy atom. The van der Waals surface area contributed by atoms with Crippen LogP contribution in [-0.2, 0) is 6.54 Å². The van der Waals surface area contributed by atoms with Crippen molar-refractivity contribution in [1.29, 1.82) is 0 Å². The number of hydrogen-bond donors (Lipinski definition) is 1. The van der Waals surface area contributed by atoms with Crippen molar-refractivity contribution < 1.29 is 9.47 Å². The van der Waals surface area contributed by atoms with Gasteiger partial charge in [0.15, 0.2) is 5.75 Å². The van der Waals surface area contributed by atoms with Gasteiger partial charge in [-0.1, -0.05) is 0 Å². The molecule has 19 heavy (non-hydrogen) atoms. The number of pyridine rings is 1. The van der Waals surface area contributed by atoms with Gasteiger partial charge in [-0.2, -0.15) is 0 Å². The van der Waals surface area contributed by atoms with E-state index in [1.54, 1.807) is 6.20 Å². The highest BCUT2D eigenvalue weighted by Gasteiger charge is 2.31. The Morgan fingerprint density at radius 3 is 2.95 bits per heavy atom. The molecule has 0 aliphatic carbocycles. The maximum absolute atomic E-state index is 6.06. The van der Waals surface area contributed by atoms with Crippen LogP contribution in [0.1, 0.15) is 19.4 Å². The molecule has 0 saturated carbocycles. The topological polar surface area (TPSA) is 46.6 Å². The summed E-state index contributed by atoms with van der Waals surface area (Å²) in [4.78, 5) is 6.69. The summed E-state index contributed by atoms with van der Waals surface area (Å²) >= 11 is 0. The van der Waals surface area contributed by atoms with Crippen molar-refractivity contribution in [2.45, 2.75) is 26.0 Å². The quantitative estimate of drug-likeness (QED) is 0.864. The van der Waals surface area contributed by atoms with Gasteiger partial charge >= 0.3 is 0 Å². The fourth-order valence-corrected chi connectivity index (χ4v) is 2.46. The van der Waals surface area contributed by atoms with Crippen LogP contribution >= 0.6 is 0 Å². The van der Waals surface area contributed by atoms with Crippen molar-refractivity contribution in [3.8, 4) is 11.6 Å². The molecule has 2 aliphatic heterocycles. The van der Waals surface area contributed by atoms with E-state index in [1.165, 1.54) is 5.56 Å². The minimum Gasteiger partial charge on any atom is -0.478 e. The van der Waals surface area contributed by atoms with E-state index >= 15 is 0 Å². The minimum atomic E-state index is -0.283. The van der Waals surface area contributed by atoms with Gasteiger partial charge < -0.3 is 14.8 Å². The molecule has 0 aromatic carbocycles. The summed E-state index contributed by atoms with van der Waals surface area (Å²) < 4.78 is 11.8. The lowest BCUT2D eigenvalue weighted by Gasteiger charge is -2.34. The summed E-state index contributed by atoms with van der Waals surface area (Å²) in [5, 5.41) is 3.37. The molecule has 1 N–H and O–H groups in total. The molecule has 3 heterocycles. The van der Waals surface area contributed by atoms with Crippen molar-refractivity contribution in [3.05, 3.63) is 17.8 Å². The summed E-state index contributed by atoms with van der Waals surface area (Å²) in [6, 6.07) is 2.03. The lowest BCUT2D eigenvalue weighted by atomic mass is 10.1. The van der Waals surface area contributed by atoms with Gasteiger partial charge in [0.1, 0.15) is 12.2 Å². The average molecular weight is 263 g/mol. The SMILES string of the molecule is CC1(C)COc2nccc(CN3CCNCC3)c2O1. The van der Waals surface area contributed by atoms with Crippen molar-refractivity contribution in [3.63, 3.8) is 0 Å². The predicted molar refractivity (Wildman–Crippen MR) is 72.6 cm³/mol. The molecule has 0 amide bonds. The molecular weight excluding hydrogens is 242 g/mol. The van der Waals surface area contributed by atoms with Gasteiger partial charge in [-0.3, -0.25) is 4.90 Å². The summed E-state index contributed by atoms with van der Waals surface area (Å²) in [6.07, 6.45) is 1.80. The predicted octanol–water partition coefficient (Wildman–Crippen LogP) is 1.04. The molecule has 2 aliphatic rings. The van der Waals surface area contributed by atoms with Crippen LogP contribution < -0.4 is 14.8 Å². The number of nitrogens with one attached hydrogen (secondary N) is 1. The second-order valence-corrected chi connectivity index (χ2v) is 5.78. The van der Waals surface area contributed by atoms with Gasteiger partial charge in [-0.15, -0.1) is 0 Å². The normalized spacial score (nSPS) is 22.2. The number of aromatic nitrogens is 1. The number of rotatable bonds is 2. The van der Waals surface area contributed by atoms with E-state index in [1.807, 2.05) is 19.9 Å². The van der Waals surface area contributed by atoms with E-state index in [0.29, 0.717) is 12.5 Å². The number of fused-ring (bicyclic) bond motifs is 1. The highest BCUT2D eigenvalue weighted by Crippen LogP contribution is 2.36. The van der Waals surface area contributed by atoms with Crippen molar-refractivity contribution >= 4 is 0 Å².